The molecule has 3 nitrogen and oxygen atoms in total. The molecule has 3 heteroatoms. The van der Waals surface area contributed by atoms with Crippen molar-refractivity contribution in [1.29, 1.82) is 5.26 Å². The first-order valence-corrected chi connectivity index (χ1v) is 4.56. The highest BCUT2D eigenvalue weighted by Crippen LogP contribution is 1.90. The molecule has 0 aromatic carbocycles. The maximum Gasteiger partial charge on any atom is 0.108 e. The van der Waals surface area contributed by atoms with Crippen molar-refractivity contribution in [1.82, 2.24) is 10.2 Å². The van der Waals surface area contributed by atoms with Gasteiger partial charge >= 0.3 is 0 Å². The third-order valence-corrected chi connectivity index (χ3v) is 1.71. The van der Waals surface area contributed by atoms with Gasteiger partial charge in [0.15, 0.2) is 0 Å². The van der Waals surface area contributed by atoms with E-state index in [0.29, 0.717) is 0 Å². The van der Waals surface area contributed by atoms with Crippen molar-refractivity contribution in [3.8, 4) is 6.07 Å². The summed E-state index contributed by atoms with van der Waals surface area (Å²) >= 11 is 0. The lowest BCUT2D eigenvalue weighted by Gasteiger charge is -2.19. The van der Waals surface area contributed by atoms with Crippen molar-refractivity contribution in [2.24, 2.45) is 0 Å². The lowest BCUT2D eigenvalue weighted by Crippen LogP contribution is -2.38. The van der Waals surface area contributed by atoms with E-state index in [1.165, 1.54) is 0 Å². The fourth-order valence-electron chi connectivity index (χ4n) is 1.18. The van der Waals surface area contributed by atoms with Crippen LogP contribution >= 0.6 is 0 Å². The van der Waals surface area contributed by atoms with Crippen molar-refractivity contribution in [3.63, 3.8) is 0 Å². The predicted molar refractivity (Wildman–Crippen MR) is 50.9 cm³/mol. The molecule has 1 N–H and O–H groups in total. The molecule has 0 saturated carbocycles. The van der Waals surface area contributed by atoms with Gasteiger partial charge in [-0.25, -0.2) is 0 Å². The molecule has 0 radical (unpaired) electrons. The zero-order valence-electron chi connectivity index (χ0n) is 8.30. The minimum atomic E-state index is -0.0217. The molecule has 70 valence electrons. The molecule has 0 aliphatic heterocycles. The van der Waals surface area contributed by atoms with E-state index in [2.05, 4.69) is 23.2 Å². The second-order valence-electron chi connectivity index (χ2n) is 3.00. The van der Waals surface area contributed by atoms with Crippen LogP contribution in [0.3, 0.4) is 0 Å². The van der Waals surface area contributed by atoms with E-state index in [-0.39, 0.29) is 6.04 Å². The average Bonchev–Trinajstić information content (AvgIpc) is 2.04. The van der Waals surface area contributed by atoms with Gasteiger partial charge in [-0.15, -0.1) is 0 Å². The highest BCUT2D eigenvalue weighted by atomic mass is 15.1. The Morgan fingerprint density at radius 1 is 1.50 bits per heavy atom. The minimum Gasteiger partial charge on any atom is -0.304 e. The number of likely N-dealkylation sites (N-methyl/N-ethyl adjacent to an activating group) is 2. The molecular weight excluding hydrogens is 150 g/mol. The summed E-state index contributed by atoms with van der Waals surface area (Å²) in [5.74, 6) is 0. The molecule has 12 heavy (non-hydrogen) atoms. The fourth-order valence-corrected chi connectivity index (χ4v) is 1.18. The first-order valence-electron chi connectivity index (χ1n) is 4.56. The Morgan fingerprint density at radius 2 is 2.17 bits per heavy atom. The van der Waals surface area contributed by atoms with Crippen molar-refractivity contribution < 1.29 is 0 Å². The molecule has 0 aromatic rings. The zero-order valence-corrected chi connectivity index (χ0v) is 8.30. The number of hydrogen-bond donors (Lipinski definition) is 1. The van der Waals surface area contributed by atoms with Crippen molar-refractivity contribution in [3.05, 3.63) is 0 Å². The van der Waals surface area contributed by atoms with Gasteiger partial charge in [0.05, 0.1) is 6.07 Å². The van der Waals surface area contributed by atoms with E-state index < -0.39 is 0 Å². The lowest BCUT2D eigenvalue weighted by molar-refractivity contribution is 0.313. The third-order valence-electron chi connectivity index (χ3n) is 1.71. The van der Waals surface area contributed by atoms with Gasteiger partial charge in [-0.3, -0.25) is 0 Å². The first-order chi connectivity index (χ1) is 5.74. The molecule has 0 rings (SSSR count). The third kappa shape index (κ3) is 5.11. The van der Waals surface area contributed by atoms with Crippen LogP contribution in [0, 0.1) is 11.3 Å². The summed E-state index contributed by atoms with van der Waals surface area (Å²) in [7, 11) is 2.05. The normalized spacial score (nSPS) is 12.9. The molecule has 0 spiro atoms. The monoisotopic (exact) mass is 169 g/mol. The van der Waals surface area contributed by atoms with Crippen LogP contribution in [0.4, 0.5) is 0 Å². The highest BCUT2D eigenvalue weighted by Gasteiger charge is 2.07. The van der Waals surface area contributed by atoms with Gasteiger partial charge < -0.3 is 10.2 Å². The minimum absolute atomic E-state index is 0.0217. The summed E-state index contributed by atoms with van der Waals surface area (Å²) in [5, 5.41) is 11.9. The van der Waals surface area contributed by atoms with Gasteiger partial charge in [0.1, 0.15) is 6.04 Å². The zero-order chi connectivity index (χ0) is 9.40. The van der Waals surface area contributed by atoms with E-state index in [1.807, 2.05) is 14.0 Å². The first kappa shape index (κ1) is 11.4. The van der Waals surface area contributed by atoms with Gasteiger partial charge in [-0.2, -0.15) is 5.26 Å². The lowest BCUT2D eigenvalue weighted by atomic mass is 10.3. The summed E-state index contributed by atoms with van der Waals surface area (Å²) in [6.45, 7) is 6.90. The quantitative estimate of drug-likeness (QED) is 0.640. The average molecular weight is 169 g/mol. The van der Waals surface area contributed by atoms with Crippen LogP contribution in [0.25, 0.3) is 0 Å². The van der Waals surface area contributed by atoms with Gasteiger partial charge in [-0.05, 0) is 26.6 Å². The van der Waals surface area contributed by atoms with Crippen LogP contribution in [-0.4, -0.2) is 37.6 Å². The summed E-state index contributed by atoms with van der Waals surface area (Å²) < 4.78 is 0. The van der Waals surface area contributed by atoms with E-state index in [0.717, 1.165) is 26.1 Å². The SMILES string of the molecule is CCCN(C)CC(C#N)NCC. The molecule has 0 aliphatic rings. The Kier molecular flexibility index (Phi) is 6.73. The summed E-state index contributed by atoms with van der Waals surface area (Å²) in [5.41, 5.74) is 0. The van der Waals surface area contributed by atoms with E-state index >= 15 is 0 Å². The second-order valence-corrected chi connectivity index (χ2v) is 3.00. The van der Waals surface area contributed by atoms with Crippen molar-refractivity contribution in [2.75, 3.05) is 26.7 Å². The van der Waals surface area contributed by atoms with Crippen LogP contribution in [0.5, 0.6) is 0 Å². The summed E-state index contributed by atoms with van der Waals surface area (Å²) in [6.07, 6.45) is 1.14. The summed E-state index contributed by atoms with van der Waals surface area (Å²) in [6, 6.07) is 2.22. The van der Waals surface area contributed by atoms with Crippen molar-refractivity contribution in [2.45, 2.75) is 26.3 Å². The number of nitriles is 1. The number of nitrogens with one attached hydrogen (secondary N) is 1. The Morgan fingerprint density at radius 3 is 2.58 bits per heavy atom. The van der Waals surface area contributed by atoms with E-state index in [1.54, 1.807) is 0 Å². The van der Waals surface area contributed by atoms with Gasteiger partial charge in [0.25, 0.3) is 0 Å². The van der Waals surface area contributed by atoms with Gasteiger partial charge in [0.2, 0.25) is 0 Å². The molecular formula is C9H19N3. The van der Waals surface area contributed by atoms with Gasteiger partial charge in [0, 0.05) is 6.54 Å². The predicted octanol–water partition coefficient (Wildman–Crippen LogP) is 0.830. The molecule has 1 unspecified atom stereocenters. The molecule has 0 aromatic heterocycles. The van der Waals surface area contributed by atoms with Crippen LogP contribution in [0.15, 0.2) is 0 Å². The topological polar surface area (TPSA) is 39.1 Å². The maximum atomic E-state index is 8.74. The van der Waals surface area contributed by atoms with Crippen LogP contribution in [-0.2, 0) is 0 Å². The smallest absolute Gasteiger partial charge is 0.108 e. The molecule has 0 saturated heterocycles. The summed E-state index contributed by atoms with van der Waals surface area (Å²) in [4.78, 5) is 2.18. The van der Waals surface area contributed by atoms with Crippen molar-refractivity contribution >= 4 is 0 Å². The van der Waals surface area contributed by atoms with E-state index in [4.69, 9.17) is 5.26 Å². The Bertz CT molecular complexity index is 139. The number of hydrogen-bond acceptors (Lipinski definition) is 3. The second kappa shape index (κ2) is 7.08. The largest absolute Gasteiger partial charge is 0.304 e. The van der Waals surface area contributed by atoms with Gasteiger partial charge in [-0.1, -0.05) is 13.8 Å². The fraction of sp³-hybridized carbons (Fsp3) is 0.889. The van der Waals surface area contributed by atoms with Crippen LogP contribution < -0.4 is 5.32 Å². The maximum absolute atomic E-state index is 8.74. The standard InChI is InChI=1S/C9H19N3/c1-4-6-12(3)8-9(7-10)11-5-2/h9,11H,4-6,8H2,1-3H3. The Balaban J connectivity index is 3.63. The molecule has 0 amide bonds. The van der Waals surface area contributed by atoms with Crippen LogP contribution in [0.1, 0.15) is 20.3 Å². The van der Waals surface area contributed by atoms with E-state index in [9.17, 15) is 0 Å². The Hall–Kier alpha value is -0.590. The number of nitrogens with zero attached hydrogens (tertiary/aromatic N) is 2. The highest BCUT2D eigenvalue weighted by molar-refractivity contribution is 4.91. The number of rotatable bonds is 6. The molecule has 0 heterocycles. The van der Waals surface area contributed by atoms with Crippen LogP contribution in [0.2, 0.25) is 0 Å². The molecule has 1 atom stereocenters. The molecule has 0 fully saturated rings. The molecule has 0 aliphatic carbocycles. The molecule has 0 bridgehead atoms. The Labute approximate surface area is 75.4 Å².